The topological polar surface area (TPSA) is 25.4 Å². The fourth-order valence-electron chi connectivity index (χ4n) is 2.73. The summed E-state index contributed by atoms with van der Waals surface area (Å²) in [6, 6.07) is 1.65. The molecule has 3 rings (SSSR count). The summed E-state index contributed by atoms with van der Waals surface area (Å²) in [6.45, 7) is 4.20. The second-order valence-electron chi connectivity index (χ2n) is 5.36. The first-order valence-electron chi connectivity index (χ1n) is 6.24. The van der Waals surface area contributed by atoms with E-state index in [1.165, 1.54) is 0 Å². The Hall–Kier alpha value is -1.39. The van der Waals surface area contributed by atoms with E-state index >= 15 is 0 Å². The zero-order valence-corrected chi connectivity index (χ0v) is 10.5. The number of alkyl halides is 2. The molecule has 0 aromatic carbocycles. The molecule has 2 aliphatic heterocycles. The molecule has 18 heavy (non-hydrogen) atoms. The number of hydrogen-bond acceptors (Lipinski definition) is 3. The van der Waals surface area contributed by atoms with Crippen LogP contribution in [0.25, 0.3) is 0 Å². The molecule has 0 bridgehead atoms. The SMILES string of the molecule is CC(C)c1ccnc2c1OCC1CC(F)(F)CN21. The fourth-order valence-corrected chi connectivity index (χ4v) is 2.73. The van der Waals surface area contributed by atoms with E-state index in [4.69, 9.17) is 4.74 Å². The average Bonchev–Trinajstić information content (AvgIpc) is 2.62. The Morgan fingerprint density at radius 3 is 3.00 bits per heavy atom. The molecule has 5 heteroatoms. The lowest BCUT2D eigenvalue weighted by Gasteiger charge is -2.33. The number of nitrogens with zero attached hydrogens (tertiary/aromatic N) is 2. The van der Waals surface area contributed by atoms with E-state index in [1.54, 1.807) is 11.1 Å². The minimum atomic E-state index is -2.63. The Morgan fingerprint density at radius 2 is 2.28 bits per heavy atom. The molecule has 0 radical (unpaired) electrons. The van der Waals surface area contributed by atoms with Crippen molar-refractivity contribution in [2.24, 2.45) is 0 Å². The van der Waals surface area contributed by atoms with E-state index in [0.717, 1.165) is 5.56 Å². The third kappa shape index (κ3) is 1.72. The summed E-state index contributed by atoms with van der Waals surface area (Å²) in [5.41, 5.74) is 1.04. The lowest BCUT2D eigenvalue weighted by Crippen LogP contribution is -2.39. The quantitative estimate of drug-likeness (QED) is 0.770. The van der Waals surface area contributed by atoms with E-state index < -0.39 is 5.92 Å². The van der Waals surface area contributed by atoms with E-state index in [0.29, 0.717) is 24.1 Å². The van der Waals surface area contributed by atoms with Crippen molar-refractivity contribution < 1.29 is 13.5 Å². The molecule has 3 nitrogen and oxygen atoms in total. The molecule has 0 saturated carbocycles. The van der Waals surface area contributed by atoms with Gasteiger partial charge < -0.3 is 9.64 Å². The van der Waals surface area contributed by atoms with Crippen molar-refractivity contribution in [1.82, 2.24) is 4.98 Å². The summed E-state index contributed by atoms with van der Waals surface area (Å²) in [5.74, 6) is -1.08. The standard InChI is InChI=1S/C13H16F2N2O/c1-8(2)10-3-4-16-12-11(10)18-6-9-5-13(14,15)7-17(9)12/h3-4,8-9H,5-7H2,1-2H3. The second-order valence-corrected chi connectivity index (χ2v) is 5.36. The van der Waals surface area contributed by atoms with Crippen molar-refractivity contribution in [3.05, 3.63) is 17.8 Å². The molecule has 0 amide bonds. The second kappa shape index (κ2) is 3.80. The van der Waals surface area contributed by atoms with Crippen LogP contribution in [-0.4, -0.2) is 30.1 Å². The van der Waals surface area contributed by atoms with Gasteiger partial charge >= 0.3 is 0 Å². The van der Waals surface area contributed by atoms with Crippen LogP contribution in [0.1, 0.15) is 31.7 Å². The van der Waals surface area contributed by atoms with Crippen LogP contribution in [0.15, 0.2) is 12.3 Å². The molecule has 0 N–H and O–H groups in total. The molecule has 0 spiro atoms. The zero-order chi connectivity index (χ0) is 12.9. The highest BCUT2D eigenvalue weighted by Gasteiger charge is 2.48. The molecule has 1 atom stereocenters. The smallest absolute Gasteiger partial charge is 0.267 e. The largest absolute Gasteiger partial charge is 0.487 e. The molecular formula is C13H16F2N2O. The normalized spacial score (nSPS) is 24.7. The maximum absolute atomic E-state index is 13.5. The van der Waals surface area contributed by atoms with Crippen LogP contribution in [0.3, 0.4) is 0 Å². The van der Waals surface area contributed by atoms with Crippen LogP contribution in [0.4, 0.5) is 14.6 Å². The molecule has 1 aromatic rings. The predicted molar refractivity (Wildman–Crippen MR) is 64.5 cm³/mol. The number of hydrogen-bond donors (Lipinski definition) is 0. The number of anilines is 1. The molecule has 1 saturated heterocycles. The number of halogens is 2. The van der Waals surface area contributed by atoms with Gasteiger partial charge in [0.05, 0.1) is 12.6 Å². The molecule has 98 valence electrons. The van der Waals surface area contributed by atoms with Crippen LogP contribution >= 0.6 is 0 Å². The first-order valence-corrected chi connectivity index (χ1v) is 6.24. The number of rotatable bonds is 1. The first kappa shape index (κ1) is 11.7. The minimum absolute atomic E-state index is 0.139. The van der Waals surface area contributed by atoms with Gasteiger partial charge in [-0.2, -0.15) is 0 Å². The number of pyridine rings is 1. The molecule has 1 fully saturated rings. The zero-order valence-electron chi connectivity index (χ0n) is 10.5. The van der Waals surface area contributed by atoms with Gasteiger partial charge in [0.2, 0.25) is 0 Å². The van der Waals surface area contributed by atoms with Crippen LogP contribution in [0, 0.1) is 0 Å². The minimum Gasteiger partial charge on any atom is -0.487 e. The van der Waals surface area contributed by atoms with Gasteiger partial charge in [-0.05, 0) is 12.0 Å². The van der Waals surface area contributed by atoms with E-state index in [1.807, 2.05) is 6.07 Å². The molecule has 1 aromatic heterocycles. The Morgan fingerprint density at radius 1 is 1.50 bits per heavy atom. The van der Waals surface area contributed by atoms with Gasteiger partial charge in [-0.25, -0.2) is 13.8 Å². The maximum atomic E-state index is 13.5. The molecule has 0 aliphatic carbocycles. The van der Waals surface area contributed by atoms with Crippen molar-refractivity contribution in [2.75, 3.05) is 18.1 Å². The van der Waals surface area contributed by atoms with Crippen LogP contribution in [0.2, 0.25) is 0 Å². The highest BCUT2D eigenvalue weighted by molar-refractivity contribution is 5.60. The number of ether oxygens (including phenoxy) is 1. The third-order valence-electron chi connectivity index (χ3n) is 3.61. The Labute approximate surface area is 105 Å². The molecule has 2 aliphatic rings. The first-order chi connectivity index (χ1) is 8.48. The van der Waals surface area contributed by atoms with E-state index in [-0.39, 0.29) is 19.0 Å². The van der Waals surface area contributed by atoms with E-state index in [9.17, 15) is 8.78 Å². The van der Waals surface area contributed by atoms with Crippen LogP contribution in [0.5, 0.6) is 5.75 Å². The summed E-state index contributed by atoms with van der Waals surface area (Å²) >= 11 is 0. The van der Waals surface area contributed by atoms with Gasteiger partial charge in [0.25, 0.3) is 5.92 Å². The number of fused-ring (bicyclic) bond motifs is 3. The van der Waals surface area contributed by atoms with Crippen LogP contribution in [-0.2, 0) is 0 Å². The third-order valence-corrected chi connectivity index (χ3v) is 3.61. The monoisotopic (exact) mass is 254 g/mol. The van der Waals surface area contributed by atoms with Crippen molar-refractivity contribution in [3.8, 4) is 5.75 Å². The van der Waals surface area contributed by atoms with Crippen molar-refractivity contribution >= 4 is 5.82 Å². The van der Waals surface area contributed by atoms with Gasteiger partial charge in [-0.1, -0.05) is 13.8 Å². The highest BCUT2D eigenvalue weighted by Crippen LogP contribution is 2.44. The summed E-state index contributed by atoms with van der Waals surface area (Å²) in [5, 5.41) is 0. The fraction of sp³-hybridized carbons (Fsp3) is 0.615. The Balaban J connectivity index is 2.03. The average molecular weight is 254 g/mol. The van der Waals surface area contributed by atoms with Gasteiger partial charge in [0, 0.05) is 18.2 Å². The van der Waals surface area contributed by atoms with Crippen molar-refractivity contribution in [3.63, 3.8) is 0 Å². The molecular weight excluding hydrogens is 238 g/mol. The van der Waals surface area contributed by atoms with Gasteiger partial charge in [0.15, 0.2) is 11.6 Å². The highest BCUT2D eigenvalue weighted by atomic mass is 19.3. The summed E-state index contributed by atoms with van der Waals surface area (Å²) in [7, 11) is 0. The van der Waals surface area contributed by atoms with E-state index in [2.05, 4.69) is 18.8 Å². The Bertz CT molecular complexity index is 476. The summed E-state index contributed by atoms with van der Waals surface area (Å²) in [4.78, 5) is 5.94. The number of aromatic nitrogens is 1. The summed E-state index contributed by atoms with van der Waals surface area (Å²) in [6.07, 6.45) is 1.54. The van der Waals surface area contributed by atoms with Gasteiger partial charge in [0.1, 0.15) is 6.61 Å². The van der Waals surface area contributed by atoms with Crippen molar-refractivity contribution in [2.45, 2.75) is 38.2 Å². The summed E-state index contributed by atoms with van der Waals surface area (Å²) < 4.78 is 32.6. The Kier molecular flexibility index (Phi) is 2.47. The maximum Gasteiger partial charge on any atom is 0.267 e. The lowest BCUT2D eigenvalue weighted by molar-refractivity contribution is 0.0210. The van der Waals surface area contributed by atoms with Gasteiger partial charge in [-0.15, -0.1) is 0 Å². The van der Waals surface area contributed by atoms with Crippen molar-refractivity contribution in [1.29, 1.82) is 0 Å². The lowest BCUT2D eigenvalue weighted by atomic mass is 10.0. The van der Waals surface area contributed by atoms with Crippen LogP contribution < -0.4 is 9.64 Å². The predicted octanol–water partition coefficient (Wildman–Crippen LogP) is 2.81. The molecule has 1 unspecified atom stereocenters. The molecule has 3 heterocycles. The van der Waals surface area contributed by atoms with Gasteiger partial charge in [-0.3, -0.25) is 0 Å².